The standard InChI is InChI=1S/C23H22FN7O2/c1-16-2-6-18(7-3-16)31-23-21(27-28-31)22(25-15-26-23)30-12-10-29(11-13-30)20(32)14-33-19-8-4-17(24)5-9-19/h2-9,15H,10-14H2,1H3. The number of nitrogens with zero attached hydrogens (tertiary/aromatic N) is 7. The number of hydrogen-bond donors (Lipinski definition) is 0. The molecule has 2 aromatic heterocycles. The maximum Gasteiger partial charge on any atom is 0.260 e. The second kappa shape index (κ2) is 8.81. The summed E-state index contributed by atoms with van der Waals surface area (Å²) in [5.74, 6) is 0.705. The molecule has 10 heteroatoms. The first-order valence-electron chi connectivity index (χ1n) is 10.6. The van der Waals surface area contributed by atoms with Gasteiger partial charge in [-0.05, 0) is 43.3 Å². The van der Waals surface area contributed by atoms with Crippen molar-refractivity contribution in [2.45, 2.75) is 6.92 Å². The number of benzene rings is 2. The summed E-state index contributed by atoms with van der Waals surface area (Å²) < 4.78 is 20.2. The van der Waals surface area contributed by atoms with Crippen molar-refractivity contribution in [3.05, 3.63) is 66.2 Å². The van der Waals surface area contributed by atoms with E-state index < -0.39 is 0 Å². The first-order chi connectivity index (χ1) is 16.1. The predicted octanol–water partition coefficient (Wildman–Crippen LogP) is 2.39. The molecule has 0 bridgehead atoms. The Morgan fingerprint density at radius 3 is 2.45 bits per heavy atom. The van der Waals surface area contributed by atoms with Crippen LogP contribution in [0.3, 0.4) is 0 Å². The molecule has 9 nitrogen and oxygen atoms in total. The average molecular weight is 447 g/mol. The van der Waals surface area contributed by atoms with Crippen LogP contribution in [0.1, 0.15) is 5.56 Å². The van der Waals surface area contributed by atoms with Gasteiger partial charge in [-0.3, -0.25) is 4.79 Å². The number of carbonyl (C=O) groups is 1. The van der Waals surface area contributed by atoms with Crippen LogP contribution in [0.5, 0.6) is 5.75 Å². The monoisotopic (exact) mass is 447 g/mol. The van der Waals surface area contributed by atoms with E-state index in [1.807, 2.05) is 31.2 Å². The van der Waals surface area contributed by atoms with E-state index in [1.165, 1.54) is 30.6 Å². The molecule has 168 valence electrons. The molecular formula is C23H22FN7O2. The third kappa shape index (κ3) is 4.32. The third-order valence-corrected chi connectivity index (χ3v) is 5.60. The van der Waals surface area contributed by atoms with Crippen LogP contribution in [0, 0.1) is 12.7 Å². The number of rotatable bonds is 5. The van der Waals surface area contributed by atoms with Crippen LogP contribution in [-0.4, -0.2) is 68.6 Å². The Bertz CT molecular complexity index is 1270. The molecule has 1 aliphatic rings. The normalized spacial score (nSPS) is 14.0. The van der Waals surface area contributed by atoms with E-state index in [-0.39, 0.29) is 18.3 Å². The number of ether oxygens (including phenoxy) is 1. The molecule has 1 fully saturated rings. The quantitative estimate of drug-likeness (QED) is 0.464. The fourth-order valence-corrected chi connectivity index (χ4v) is 3.76. The summed E-state index contributed by atoms with van der Waals surface area (Å²) in [5, 5.41) is 8.62. The van der Waals surface area contributed by atoms with Crippen LogP contribution in [0.15, 0.2) is 54.9 Å². The lowest BCUT2D eigenvalue weighted by Crippen LogP contribution is -2.50. The Balaban J connectivity index is 1.25. The lowest BCUT2D eigenvalue weighted by atomic mass is 10.2. The van der Waals surface area contributed by atoms with Crippen LogP contribution < -0.4 is 9.64 Å². The minimum atomic E-state index is -0.345. The van der Waals surface area contributed by atoms with E-state index in [9.17, 15) is 9.18 Å². The van der Waals surface area contributed by atoms with Gasteiger partial charge in [0.15, 0.2) is 23.6 Å². The van der Waals surface area contributed by atoms with Gasteiger partial charge in [0.1, 0.15) is 17.9 Å². The molecule has 0 atom stereocenters. The zero-order valence-electron chi connectivity index (χ0n) is 18.1. The SMILES string of the molecule is Cc1ccc(-n2nnc3c(N4CCN(C(=O)COc5ccc(F)cc5)CC4)ncnc32)cc1. The number of aromatic nitrogens is 5. The van der Waals surface area contributed by atoms with Crippen molar-refractivity contribution in [1.29, 1.82) is 0 Å². The number of piperazine rings is 1. The van der Waals surface area contributed by atoms with E-state index in [2.05, 4.69) is 25.2 Å². The first kappa shape index (κ1) is 20.8. The van der Waals surface area contributed by atoms with Crippen molar-refractivity contribution in [1.82, 2.24) is 29.9 Å². The molecule has 0 spiro atoms. The molecule has 0 N–H and O–H groups in total. The Morgan fingerprint density at radius 1 is 1.00 bits per heavy atom. The lowest BCUT2D eigenvalue weighted by molar-refractivity contribution is -0.133. The van der Waals surface area contributed by atoms with E-state index in [0.717, 1.165) is 11.3 Å². The van der Waals surface area contributed by atoms with E-state index in [0.29, 0.717) is 48.9 Å². The largest absolute Gasteiger partial charge is 0.484 e. The van der Waals surface area contributed by atoms with Gasteiger partial charge in [0.05, 0.1) is 5.69 Å². The highest BCUT2D eigenvalue weighted by molar-refractivity contribution is 5.84. The topological polar surface area (TPSA) is 89.3 Å². The van der Waals surface area contributed by atoms with Gasteiger partial charge in [0.2, 0.25) is 0 Å². The Morgan fingerprint density at radius 2 is 1.73 bits per heavy atom. The highest BCUT2D eigenvalue weighted by Gasteiger charge is 2.25. The van der Waals surface area contributed by atoms with Crippen molar-refractivity contribution >= 4 is 22.9 Å². The van der Waals surface area contributed by atoms with E-state index >= 15 is 0 Å². The van der Waals surface area contributed by atoms with Gasteiger partial charge in [-0.2, -0.15) is 4.68 Å². The van der Waals surface area contributed by atoms with Crippen molar-refractivity contribution in [2.75, 3.05) is 37.7 Å². The Hall–Kier alpha value is -4.08. The summed E-state index contributed by atoms with van der Waals surface area (Å²) in [6.07, 6.45) is 1.51. The second-order valence-corrected chi connectivity index (χ2v) is 7.82. The molecule has 5 rings (SSSR count). The number of hydrogen-bond acceptors (Lipinski definition) is 7. The Kier molecular flexibility index (Phi) is 5.55. The smallest absolute Gasteiger partial charge is 0.260 e. The summed E-state index contributed by atoms with van der Waals surface area (Å²) in [7, 11) is 0. The maximum atomic E-state index is 13.0. The molecule has 2 aromatic carbocycles. The molecule has 1 saturated heterocycles. The van der Waals surface area contributed by atoms with Crippen molar-refractivity contribution in [3.8, 4) is 11.4 Å². The Labute approximate surface area is 189 Å². The molecule has 33 heavy (non-hydrogen) atoms. The zero-order valence-corrected chi connectivity index (χ0v) is 18.1. The summed E-state index contributed by atoms with van der Waals surface area (Å²) >= 11 is 0. The number of anilines is 1. The molecule has 4 aromatic rings. The molecule has 1 amide bonds. The van der Waals surface area contributed by atoms with Gasteiger partial charge >= 0.3 is 0 Å². The van der Waals surface area contributed by atoms with Gasteiger partial charge in [0.25, 0.3) is 5.91 Å². The third-order valence-electron chi connectivity index (χ3n) is 5.60. The van der Waals surface area contributed by atoms with Crippen LogP contribution in [0.25, 0.3) is 16.9 Å². The molecular weight excluding hydrogens is 425 g/mol. The summed E-state index contributed by atoms with van der Waals surface area (Å²) in [6, 6.07) is 13.6. The molecule has 0 aliphatic carbocycles. The van der Waals surface area contributed by atoms with Gasteiger partial charge in [-0.15, -0.1) is 5.10 Å². The molecule has 3 heterocycles. The summed E-state index contributed by atoms with van der Waals surface area (Å²) in [5.41, 5.74) is 3.30. The fraction of sp³-hybridized carbons (Fsp3) is 0.261. The first-order valence-corrected chi connectivity index (χ1v) is 10.6. The van der Waals surface area contributed by atoms with Crippen molar-refractivity contribution in [2.24, 2.45) is 0 Å². The minimum absolute atomic E-state index is 0.0890. The molecule has 0 saturated carbocycles. The number of fused-ring (bicyclic) bond motifs is 1. The lowest BCUT2D eigenvalue weighted by Gasteiger charge is -2.35. The second-order valence-electron chi connectivity index (χ2n) is 7.82. The molecule has 1 aliphatic heterocycles. The van der Waals surface area contributed by atoms with Gasteiger partial charge in [-0.1, -0.05) is 22.9 Å². The van der Waals surface area contributed by atoms with E-state index in [4.69, 9.17) is 4.74 Å². The molecule has 0 unspecified atom stereocenters. The molecule has 0 radical (unpaired) electrons. The van der Waals surface area contributed by atoms with Crippen LogP contribution in [-0.2, 0) is 4.79 Å². The van der Waals surface area contributed by atoms with Crippen molar-refractivity contribution < 1.29 is 13.9 Å². The maximum absolute atomic E-state index is 13.0. The summed E-state index contributed by atoms with van der Waals surface area (Å²) in [4.78, 5) is 25.2. The number of carbonyl (C=O) groups excluding carboxylic acids is 1. The fourth-order valence-electron chi connectivity index (χ4n) is 3.76. The zero-order chi connectivity index (χ0) is 22.8. The van der Waals surface area contributed by atoms with E-state index in [1.54, 1.807) is 9.58 Å². The predicted molar refractivity (Wildman–Crippen MR) is 120 cm³/mol. The number of halogens is 1. The van der Waals surface area contributed by atoms with Gasteiger partial charge in [-0.25, -0.2) is 14.4 Å². The number of aryl methyl sites for hydroxylation is 1. The number of amides is 1. The van der Waals surface area contributed by atoms with Crippen LogP contribution in [0.4, 0.5) is 10.2 Å². The highest BCUT2D eigenvalue weighted by Crippen LogP contribution is 2.24. The van der Waals surface area contributed by atoms with Crippen molar-refractivity contribution in [3.63, 3.8) is 0 Å². The van der Waals surface area contributed by atoms with Gasteiger partial charge < -0.3 is 14.5 Å². The average Bonchev–Trinajstić information content (AvgIpc) is 3.28. The highest BCUT2D eigenvalue weighted by atomic mass is 19.1. The van der Waals surface area contributed by atoms with Crippen LogP contribution >= 0.6 is 0 Å². The van der Waals surface area contributed by atoms with Crippen LogP contribution in [0.2, 0.25) is 0 Å². The van der Waals surface area contributed by atoms with Gasteiger partial charge in [0, 0.05) is 26.2 Å². The minimum Gasteiger partial charge on any atom is -0.484 e. The summed E-state index contributed by atoms with van der Waals surface area (Å²) in [6.45, 7) is 4.21.